The van der Waals surface area contributed by atoms with Gasteiger partial charge >= 0.3 is 29.6 Å². The van der Waals surface area contributed by atoms with Crippen LogP contribution in [-0.2, 0) is 10.1 Å². The Kier molecular flexibility index (Phi) is 33.7. The molecule has 138 valence electrons. The third-order valence-corrected chi connectivity index (χ3v) is 3.57. The second kappa shape index (κ2) is 25.4. The van der Waals surface area contributed by atoms with E-state index in [1.165, 1.54) is 57.1 Å². The summed E-state index contributed by atoms with van der Waals surface area (Å²) in [5.74, 6) is 0. The van der Waals surface area contributed by atoms with Crippen LogP contribution in [0.25, 0.3) is 0 Å². The predicted octanol–water partition coefficient (Wildman–Crippen LogP) is 3.75. The molecule has 3 nitrogen and oxygen atoms in total. The van der Waals surface area contributed by atoms with E-state index >= 15 is 0 Å². The maximum Gasteiger partial charge on any atom is 1.00 e. The zero-order valence-corrected chi connectivity index (χ0v) is 19.8. The van der Waals surface area contributed by atoms with E-state index in [1.54, 1.807) is 18.2 Å². The van der Waals surface area contributed by atoms with Gasteiger partial charge in [0.05, 0.1) is 4.90 Å². The van der Waals surface area contributed by atoms with Crippen molar-refractivity contribution in [2.75, 3.05) is 0 Å². The van der Waals surface area contributed by atoms with E-state index in [4.69, 9.17) is 4.55 Å². The Hall–Kier alpha value is 0.130. The summed E-state index contributed by atoms with van der Waals surface area (Å²) in [4.78, 5) is -0.0741. The molecular formula is C19H38NaO3S+. The third kappa shape index (κ3) is 27.0. The second-order valence-electron chi connectivity index (χ2n) is 4.85. The molecule has 0 aromatic heterocycles. The second-order valence-corrected chi connectivity index (χ2v) is 6.27. The summed E-state index contributed by atoms with van der Waals surface area (Å²) in [7, 11) is -4.00. The molecule has 0 aliphatic heterocycles. The average Bonchev–Trinajstić information content (AvgIpc) is 2.57. The minimum absolute atomic E-state index is 0. The normalized spacial score (nSPS) is 8.96. The van der Waals surface area contributed by atoms with Crippen LogP contribution in [0.1, 0.15) is 86.5 Å². The number of unbranched alkanes of at least 4 members (excludes halogenated alkanes) is 5. The standard InChI is InChI=1S/C6H6O3S.C6H14.C5H12.C2H6.Na/c7-10(8,9)6-4-2-1-3-5-6;1-3-5-6-4-2;1-3-5-4-2;1-2;/h1-5H,(H,7,8,9);3-6H2,1-2H3;3-5H2,1-2H3;1-2H3;/q;;;;+1. The molecule has 0 heterocycles. The Labute approximate surface area is 173 Å². The molecule has 0 atom stereocenters. The first-order valence-electron chi connectivity index (χ1n) is 8.96. The van der Waals surface area contributed by atoms with Crippen LogP contribution in [0.5, 0.6) is 0 Å². The van der Waals surface area contributed by atoms with Crippen LogP contribution in [0.4, 0.5) is 0 Å². The predicted molar refractivity (Wildman–Crippen MR) is 103 cm³/mol. The van der Waals surface area contributed by atoms with E-state index in [2.05, 4.69) is 27.7 Å². The van der Waals surface area contributed by atoms with Gasteiger partial charge in [-0.15, -0.1) is 0 Å². The van der Waals surface area contributed by atoms with E-state index in [1.807, 2.05) is 13.8 Å². The molecule has 1 aromatic carbocycles. The van der Waals surface area contributed by atoms with Crippen molar-refractivity contribution in [2.45, 2.75) is 91.4 Å². The van der Waals surface area contributed by atoms with Gasteiger partial charge in [0.25, 0.3) is 10.1 Å². The molecule has 1 aromatic rings. The Morgan fingerprint density at radius 2 is 1.08 bits per heavy atom. The first kappa shape index (κ1) is 31.9. The quantitative estimate of drug-likeness (QED) is 0.472. The SMILES string of the molecule is CC.CCCCC.CCCCCC.O=S(=O)(O)c1ccccc1.[Na+]. The number of hydrogen-bond acceptors (Lipinski definition) is 2. The van der Waals surface area contributed by atoms with Crippen LogP contribution in [0.3, 0.4) is 0 Å². The van der Waals surface area contributed by atoms with Crippen molar-refractivity contribution in [1.82, 2.24) is 0 Å². The molecule has 0 unspecified atom stereocenters. The molecule has 0 radical (unpaired) electrons. The summed E-state index contributed by atoms with van der Waals surface area (Å²) < 4.78 is 29.2. The number of rotatable bonds is 6. The molecule has 0 bridgehead atoms. The summed E-state index contributed by atoms with van der Waals surface area (Å²) in [5, 5.41) is 0. The van der Waals surface area contributed by atoms with E-state index in [0.717, 1.165) is 0 Å². The van der Waals surface area contributed by atoms with Gasteiger partial charge < -0.3 is 0 Å². The summed E-state index contributed by atoms with van der Waals surface area (Å²) in [6.45, 7) is 12.9. The monoisotopic (exact) mass is 369 g/mol. The van der Waals surface area contributed by atoms with Crippen molar-refractivity contribution in [3.8, 4) is 0 Å². The molecule has 0 spiro atoms. The molecule has 1 N–H and O–H groups in total. The van der Waals surface area contributed by atoms with Crippen molar-refractivity contribution in [3.05, 3.63) is 30.3 Å². The largest absolute Gasteiger partial charge is 1.00 e. The van der Waals surface area contributed by atoms with E-state index in [9.17, 15) is 8.42 Å². The van der Waals surface area contributed by atoms with E-state index < -0.39 is 10.1 Å². The minimum atomic E-state index is -4.00. The molecule has 0 saturated carbocycles. The zero-order chi connectivity index (χ0) is 18.6. The van der Waals surface area contributed by atoms with Crippen molar-refractivity contribution < 1.29 is 42.5 Å². The fourth-order valence-corrected chi connectivity index (χ4v) is 1.95. The Bertz CT molecular complexity index is 400. The summed E-state index contributed by atoms with van der Waals surface area (Å²) >= 11 is 0. The van der Waals surface area contributed by atoms with E-state index in [0.29, 0.717) is 0 Å². The molecule has 1 rings (SSSR count). The minimum Gasteiger partial charge on any atom is -0.282 e. The van der Waals surface area contributed by atoms with Gasteiger partial charge in [0, 0.05) is 0 Å². The maximum absolute atomic E-state index is 10.4. The van der Waals surface area contributed by atoms with Gasteiger partial charge in [0.2, 0.25) is 0 Å². The van der Waals surface area contributed by atoms with Gasteiger partial charge in [-0.2, -0.15) is 8.42 Å². The molecular weight excluding hydrogens is 331 g/mol. The Balaban J connectivity index is -0.000000125. The van der Waals surface area contributed by atoms with Crippen LogP contribution >= 0.6 is 0 Å². The molecule has 0 aliphatic rings. The molecule has 0 saturated heterocycles. The fraction of sp³-hybridized carbons (Fsp3) is 0.684. The smallest absolute Gasteiger partial charge is 0.282 e. The topological polar surface area (TPSA) is 54.4 Å². The van der Waals surface area contributed by atoms with Crippen molar-refractivity contribution >= 4 is 10.1 Å². The molecule has 5 heteroatoms. The first-order valence-corrected chi connectivity index (χ1v) is 10.4. The summed E-state index contributed by atoms with van der Waals surface area (Å²) in [6.07, 6.45) is 9.61. The third-order valence-electron chi connectivity index (χ3n) is 2.71. The Morgan fingerprint density at radius 1 is 0.750 bits per heavy atom. The van der Waals surface area contributed by atoms with Gasteiger partial charge in [0.15, 0.2) is 0 Å². The van der Waals surface area contributed by atoms with Crippen LogP contribution in [-0.4, -0.2) is 13.0 Å². The van der Waals surface area contributed by atoms with Gasteiger partial charge in [-0.1, -0.05) is 105 Å². The van der Waals surface area contributed by atoms with Crippen LogP contribution in [0, 0.1) is 0 Å². The molecule has 0 amide bonds. The van der Waals surface area contributed by atoms with Crippen LogP contribution in [0.15, 0.2) is 35.2 Å². The van der Waals surface area contributed by atoms with Gasteiger partial charge in [-0.05, 0) is 12.1 Å². The molecule has 0 fully saturated rings. The van der Waals surface area contributed by atoms with Gasteiger partial charge in [-0.25, -0.2) is 0 Å². The molecule has 24 heavy (non-hydrogen) atoms. The average molecular weight is 370 g/mol. The Morgan fingerprint density at radius 3 is 1.25 bits per heavy atom. The summed E-state index contributed by atoms with van der Waals surface area (Å²) in [5.41, 5.74) is 0. The first-order chi connectivity index (χ1) is 10.9. The van der Waals surface area contributed by atoms with Gasteiger partial charge in [0.1, 0.15) is 0 Å². The van der Waals surface area contributed by atoms with Crippen LogP contribution < -0.4 is 29.6 Å². The van der Waals surface area contributed by atoms with Gasteiger partial charge in [-0.3, -0.25) is 4.55 Å². The fourth-order valence-electron chi connectivity index (χ4n) is 1.45. The van der Waals surface area contributed by atoms with Crippen molar-refractivity contribution in [3.63, 3.8) is 0 Å². The van der Waals surface area contributed by atoms with Crippen molar-refractivity contribution in [2.24, 2.45) is 0 Å². The summed E-state index contributed by atoms with van der Waals surface area (Å²) in [6, 6.07) is 7.42. The van der Waals surface area contributed by atoms with E-state index in [-0.39, 0.29) is 34.5 Å². The maximum atomic E-state index is 10.4. The van der Waals surface area contributed by atoms with Crippen LogP contribution in [0.2, 0.25) is 0 Å². The number of benzene rings is 1. The number of hydrogen-bond donors (Lipinski definition) is 1. The molecule has 0 aliphatic carbocycles. The van der Waals surface area contributed by atoms with Crippen molar-refractivity contribution in [1.29, 1.82) is 0 Å². The zero-order valence-electron chi connectivity index (χ0n) is 17.0.